The molecule has 0 saturated heterocycles. The van der Waals surface area contributed by atoms with Crippen molar-refractivity contribution in [1.82, 2.24) is 20.1 Å². The third kappa shape index (κ3) is 3.67. The summed E-state index contributed by atoms with van der Waals surface area (Å²) < 4.78 is 2.19. The van der Waals surface area contributed by atoms with E-state index in [0.29, 0.717) is 12.6 Å². The fourth-order valence-electron chi connectivity index (χ4n) is 4.11. The predicted molar refractivity (Wildman–Crippen MR) is 106 cm³/mol. The third-order valence-corrected chi connectivity index (χ3v) is 6.90. The number of rotatable bonds is 5. The maximum absolute atomic E-state index is 12.3. The van der Waals surface area contributed by atoms with E-state index in [4.69, 9.17) is 0 Å². The van der Waals surface area contributed by atoms with Gasteiger partial charge in [0.15, 0.2) is 0 Å². The van der Waals surface area contributed by atoms with Crippen molar-refractivity contribution in [2.45, 2.75) is 58.2 Å². The second kappa shape index (κ2) is 7.84. The number of hydrogen-bond donors (Lipinski definition) is 2. The van der Waals surface area contributed by atoms with E-state index in [1.807, 2.05) is 11.3 Å². The van der Waals surface area contributed by atoms with E-state index in [2.05, 4.69) is 51.6 Å². The monoisotopic (exact) mass is 372 g/mol. The summed E-state index contributed by atoms with van der Waals surface area (Å²) in [4.78, 5) is 16.3. The van der Waals surface area contributed by atoms with Gasteiger partial charge in [0.25, 0.3) is 0 Å². The van der Waals surface area contributed by atoms with Crippen LogP contribution in [0, 0.1) is 0 Å². The summed E-state index contributed by atoms with van der Waals surface area (Å²) in [6.45, 7) is 6.05. The molecule has 0 unspecified atom stereocenters. The number of thiophene rings is 1. The summed E-state index contributed by atoms with van der Waals surface area (Å²) >= 11 is 1.87. The molecule has 0 spiro atoms. The van der Waals surface area contributed by atoms with Crippen molar-refractivity contribution in [3.63, 3.8) is 0 Å². The van der Waals surface area contributed by atoms with Gasteiger partial charge in [-0.05, 0) is 43.5 Å². The molecule has 1 fully saturated rings. The minimum Gasteiger partial charge on any atom is -0.335 e. The van der Waals surface area contributed by atoms with Crippen molar-refractivity contribution in [1.29, 1.82) is 0 Å². The topological polar surface area (TPSA) is 49.3 Å². The van der Waals surface area contributed by atoms with Crippen LogP contribution in [0.3, 0.4) is 0 Å². The zero-order valence-corrected chi connectivity index (χ0v) is 16.3. The number of likely N-dealkylation sites (N-methyl/N-ethyl adjacent to an activating group) is 1. The largest absolute Gasteiger partial charge is 0.335 e. The Morgan fingerprint density at radius 3 is 2.77 bits per heavy atom. The molecule has 2 N–H and O–H groups in total. The molecule has 1 saturated carbocycles. The van der Waals surface area contributed by atoms with Gasteiger partial charge < -0.3 is 15.2 Å². The van der Waals surface area contributed by atoms with Crippen LogP contribution in [0.4, 0.5) is 4.79 Å². The van der Waals surface area contributed by atoms with Crippen LogP contribution >= 0.6 is 11.3 Å². The SMILES string of the molecule is CCN1CCc2c(sc(-n3cccc3)c2CNC(=O)NC2CCCC2)C1. The maximum Gasteiger partial charge on any atom is 0.315 e. The first-order valence-electron chi connectivity index (χ1n) is 9.78. The number of nitrogens with one attached hydrogen (secondary N) is 2. The first-order chi connectivity index (χ1) is 12.7. The molecule has 1 aliphatic heterocycles. The molecule has 0 aromatic carbocycles. The number of fused-ring (bicyclic) bond motifs is 1. The second-order valence-electron chi connectivity index (χ2n) is 7.30. The van der Waals surface area contributed by atoms with E-state index >= 15 is 0 Å². The second-order valence-corrected chi connectivity index (χ2v) is 8.39. The van der Waals surface area contributed by atoms with E-state index in [-0.39, 0.29) is 6.03 Å². The fourth-order valence-corrected chi connectivity index (χ4v) is 5.49. The van der Waals surface area contributed by atoms with Crippen LogP contribution in [-0.4, -0.2) is 34.6 Å². The number of amides is 2. The van der Waals surface area contributed by atoms with Gasteiger partial charge in [-0.3, -0.25) is 4.90 Å². The highest BCUT2D eigenvalue weighted by atomic mass is 32.1. The van der Waals surface area contributed by atoms with Gasteiger partial charge in [0.05, 0.1) is 0 Å². The Morgan fingerprint density at radius 1 is 1.27 bits per heavy atom. The highest BCUT2D eigenvalue weighted by Gasteiger charge is 2.25. The minimum absolute atomic E-state index is 0.0266. The van der Waals surface area contributed by atoms with Crippen molar-refractivity contribution in [3.05, 3.63) is 40.5 Å². The summed E-state index contributed by atoms with van der Waals surface area (Å²) in [7, 11) is 0. The lowest BCUT2D eigenvalue weighted by Gasteiger charge is -2.25. The average molecular weight is 373 g/mol. The van der Waals surface area contributed by atoms with Gasteiger partial charge in [-0.15, -0.1) is 11.3 Å². The van der Waals surface area contributed by atoms with Gasteiger partial charge >= 0.3 is 6.03 Å². The highest BCUT2D eigenvalue weighted by molar-refractivity contribution is 7.14. The quantitative estimate of drug-likeness (QED) is 0.841. The molecule has 1 aliphatic carbocycles. The Labute approximate surface area is 159 Å². The highest BCUT2D eigenvalue weighted by Crippen LogP contribution is 2.35. The van der Waals surface area contributed by atoms with Crippen LogP contribution < -0.4 is 10.6 Å². The maximum atomic E-state index is 12.3. The van der Waals surface area contributed by atoms with Gasteiger partial charge in [-0.1, -0.05) is 19.8 Å². The number of carbonyl (C=O) groups is 1. The molecule has 3 heterocycles. The smallest absolute Gasteiger partial charge is 0.315 e. The van der Waals surface area contributed by atoms with Crippen LogP contribution in [0.25, 0.3) is 5.00 Å². The Hall–Kier alpha value is -1.79. The molecule has 6 heteroatoms. The number of carbonyl (C=O) groups excluding carboxylic acids is 1. The standard InChI is InChI=1S/C20H28N4OS/c1-2-23-12-9-16-17(13-21-20(25)22-15-7-3-4-8-15)19(26-18(16)14-23)24-10-5-6-11-24/h5-6,10-11,15H,2-4,7-9,12-14H2,1H3,(H2,21,22,25). The lowest BCUT2D eigenvalue weighted by molar-refractivity contribution is 0.236. The van der Waals surface area contributed by atoms with E-state index in [0.717, 1.165) is 38.9 Å². The molecular formula is C20H28N4OS. The van der Waals surface area contributed by atoms with Gasteiger partial charge in [0, 0.05) is 48.5 Å². The van der Waals surface area contributed by atoms with Crippen LogP contribution in [0.1, 0.15) is 48.6 Å². The lowest BCUT2D eigenvalue weighted by atomic mass is 10.0. The molecule has 2 aromatic rings. The van der Waals surface area contributed by atoms with Crippen molar-refractivity contribution in [2.75, 3.05) is 13.1 Å². The molecule has 0 atom stereocenters. The third-order valence-electron chi connectivity index (χ3n) is 5.63. The van der Waals surface area contributed by atoms with Crippen molar-refractivity contribution in [2.24, 2.45) is 0 Å². The normalized spacial score (nSPS) is 18.0. The molecule has 4 rings (SSSR count). The van der Waals surface area contributed by atoms with E-state index in [9.17, 15) is 4.79 Å². The Balaban J connectivity index is 1.52. The lowest BCUT2D eigenvalue weighted by Crippen LogP contribution is -2.40. The molecule has 0 radical (unpaired) electrons. The van der Waals surface area contributed by atoms with Crippen molar-refractivity contribution >= 4 is 17.4 Å². The summed E-state index contributed by atoms with van der Waals surface area (Å²) in [6.07, 6.45) is 9.95. The molecular weight excluding hydrogens is 344 g/mol. The first kappa shape index (κ1) is 17.6. The molecule has 5 nitrogen and oxygen atoms in total. The van der Waals surface area contributed by atoms with Gasteiger partial charge in [0.2, 0.25) is 0 Å². The molecule has 2 amide bonds. The number of urea groups is 1. The minimum atomic E-state index is -0.0266. The number of aromatic nitrogens is 1. The summed E-state index contributed by atoms with van der Waals surface area (Å²) in [6, 6.07) is 4.44. The number of nitrogens with zero attached hydrogens (tertiary/aromatic N) is 2. The van der Waals surface area contributed by atoms with E-state index in [1.165, 1.54) is 33.8 Å². The summed E-state index contributed by atoms with van der Waals surface area (Å²) in [5, 5.41) is 7.50. The predicted octanol–water partition coefficient (Wildman–Crippen LogP) is 3.66. The molecule has 0 bridgehead atoms. The molecule has 2 aliphatic rings. The zero-order chi connectivity index (χ0) is 17.9. The van der Waals surface area contributed by atoms with E-state index < -0.39 is 0 Å². The molecule has 140 valence electrons. The first-order valence-corrected chi connectivity index (χ1v) is 10.6. The Kier molecular flexibility index (Phi) is 5.31. The summed E-state index contributed by atoms with van der Waals surface area (Å²) in [5.74, 6) is 0. The summed E-state index contributed by atoms with van der Waals surface area (Å²) in [5.41, 5.74) is 2.74. The van der Waals surface area contributed by atoms with Crippen LogP contribution in [0.2, 0.25) is 0 Å². The number of hydrogen-bond acceptors (Lipinski definition) is 3. The average Bonchev–Trinajstić information content (AvgIpc) is 3.39. The van der Waals surface area contributed by atoms with Gasteiger partial charge in [0.1, 0.15) is 5.00 Å². The van der Waals surface area contributed by atoms with Crippen molar-refractivity contribution in [3.8, 4) is 5.00 Å². The van der Waals surface area contributed by atoms with Crippen LogP contribution in [0.15, 0.2) is 24.5 Å². The zero-order valence-electron chi connectivity index (χ0n) is 15.5. The van der Waals surface area contributed by atoms with Crippen LogP contribution in [0.5, 0.6) is 0 Å². The fraction of sp³-hybridized carbons (Fsp3) is 0.550. The van der Waals surface area contributed by atoms with E-state index in [1.54, 1.807) is 0 Å². The Morgan fingerprint density at radius 2 is 2.04 bits per heavy atom. The molecule has 2 aromatic heterocycles. The van der Waals surface area contributed by atoms with Gasteiger partial charge in [-0.2, -0.15) is 0 Å². The Bertz CT molecular complexity index is 746. The van der Waals surface area contributed by atoms with Gasteiger partial charge in [-0.25, -0.2) is 4.79 Å². The molecule has 26 heavy (non-hydrogen) atoms. The van der Waals surface area contributed by atoms with Crippen molar-refractivity contribution < 1.29 is 4.79 Å². The van der Waals surface area contributed by atoms with Crippen LogP contribution in [-0.2, 0) is 19.5 Å².